The second-order valence-electron chi connectivity index (χ2n) is 8.92. The minimum absolute atomic E-state index is 0.0872. The van der Waals surface area contributed by atoms with Gasteiger partial charge in [0.2, 0.25) is 0 Å². The number of benzene rings is 1. The maximum atomic E-state index is 13.7. The summed E-state index contributed by atoms with van der Waals surface area (Å²) in [5.41, 5.74) is 0.189. The molecule has 1 amide bonds. The van der Waals surface area contributed by atoms with Gasteiger partial charge in [0.15, 0.2) is 5.69 Å². The topological polar surface area (TPSA) is 67.7 Å². The first-order chi connectivity index (χ1) is 15.1. The van der Waals surface area contributed by atoms with Crippen LogP contribution in [0, 0.1) is 5.92 Å². The molecule has 7 nitrogen and oxygen atoms in total. The third-order valence-electron chi connectivity index (χ3n) is 6.91. The number of piperidine rings is 2. The Morgan fingerprint density at radius 1 is 1.16 bits per heavy atom. The van der Waals surface area contributed by atoms with Crippen molar-refractivity contribution >= 4 is 16.7 Å². The summed E-state index contributed by atoms with van der Waals surface area (Å²) in [5, 5.41) is 5.57. The van der Waals surface area contributed by atoms with Crippen LogP contribution in [0.15, 0.2) is 29.1 Å². The molecule has 2 aromatic rings. The van der Waals surface area contributed by atoms with Gasteiger partial charge in [-0.05, 0) is 57.2 Å². The first-order valence-electron chi connectivity index (χ1n) is 11.6. The highest BCUT2D eigenvalue weighted by Gasteiger charge is 2.35. The summed E-state index contributed by atoms with van der Waals surface area (Å²) >= 11 is 0. The number of hydrogen-bond donors (Lipinski definition) is 0. The lowest BCUT2D eigenvalue weighted by atomic mass is 9.83. The molecule has 2 fully saturated rings. The molecule has 3 heterocycles. The van der Waals surface area contributed by atoms with Crippen molar-refractivity contribution < 1.29 is 9.53 Å². The molecule has 4 rings (SSSR count). The van der Waals surface area contributed by atoms with E-state index in [0.29, 0.717) is 41.6 Å². The number of amides is 1. The maximum absolute atomic E-state index is 13.7. The zero-order valence-electron chi connectivity index (χ0n) is 18.8. The van der Waals surface area contributed by atoms with E-state index in [2.05, 4.69) is 10.00 Å². The molecule has 1 aromatic heterocycles. The second kappa shape index (κ2) is 9.92. The Morgan fingerprint density at radius 3 is 2.74 bits per heavy atom. The van der Waals surface area contributed by atoms with E-state index >= 15 is 0 Å². The van der Waals surface area contributed by atoms with Crippen molar-refractivity contribution in [2.45, 2.75) is 44.6 Å². The lowest BCUT2D eigenvalue weighted by Gasteiger charge is -2.45. The lowest BCUT2D eigenvalue weighted by Crippen LogP contribution is -2.52. The molecule has 0 saturated carbocycles. The summed E-state index contributed by atoms with van der Waals surface area (Å²) in [6.07, 6.45) is 6.94. The molecule has 2 aliphatic heterocycles. The van der Waals surface area contributed by atoms with E-state index in [-0.39, 0.29) is 11.5 Å². The lowest BCUT2D eigenvalue weighted by molar-refractivity contribution is 0.0344. The summed E-state index contributed by atoms with van der Waals surface area (Å²) in [5.74, 6) is 0.398. The first-order valence-corrected chi connectivity index (χ1v) is 11.6. The average Bonchev–Trinajstić information content (AvgIpc) is 2.80. The summed E-state index contributed by atoms with van der Waals surface area (Å²) < 4.78 is 6.54. The number of carbonyl (C=O) groups excluding carboxylic acids is 1. The number of rotatable bonds is 7. The number of fused-ring (bicyclic) bond motifs is 2. The van der Waals surface area contributed by atoms with Crippen molar-refractivity contribution in [3.05, 3.63) is 40.3 Å². The second-order valence-corrected chi connectivity index (χ2v) is 8.92. The van der Waals surface area contributed by atoms with Crippen LogP contribution in [-0.2, 0) is 11.8 Å². The molecule has 2 unspecified atom stereocenters. The van der Waals surface area contributed by atoms with Crippen LogP contribution in [0.25, 0.3) is 10.8 Å². The van der Waals surface area contributed by atoms with Gasteiger partial charge in [-0.2, -0.15) is 5.10 Å². The number of ether oxygens (including phenoxy) is 1. The van der Waals surface area contributed by atoms with Gasteiger partial charge >= 0.3 is 0 Å². The molecule has 31 heavy (non-hydrogen) atoms. The maximum Gasteiger partial charge on any atom is 0.274 e. The fourth-order valence-corrected chi connectivity index (χ4v) is 5.36. The quantitative estimate of drug-likeness (QED) is 0.637. The molecule has 0 bridgehead atoms. The number of methoxy groups -OCH3 is 1. The molecule has 0 N–H and O–H groups in total. The van der Waals surface area contributed by atoms with Crippen LogP contribution in [0.5, 0.6) is 0 Å². The van der Waals surface area contributed by atoms with Gasteiger partial charge in [0.05, 0.1) is 5.39 Å². The van der Waals surface area contributed by atoms with Crippen molar-refractivity contribution in [2.75, 3.05) is 39.9 Å². The molecule has 7 heteroatoms. The number of aromatic nitrogens is 2. The van der Waals surface area contributed by atoms with Crippen LogP contribution < -0.4 is 5.56 Å². The highest BCUT2D eigenvalue weighted by molar-refractivity contribution is 6.04. The summed E-state index contributed by atoms with van der Waals surface area (Å²) in [7, 11) is 3.30. The standard InChI is InChI=1S/C24H34N4O3/c1-26-23(29)20-11-4-3-10-19(20)22(25-26)24(30)28(15-8-16-31-2)17-18-9-7-14-27-13-6-5-12-21(18)27/h3-4,10-11,18,21H,5-9,12-17H2,1-2H3. The van der Waals surface area contributed by atoms with Gasteiger partial charge in [-0.25, -0.2) is 4.68 Å². The van der Waals surface area contributed by atoms with Gasteiger partial charge in [-0.3, -0.25) is 9.59 Å². The molecule has 0 spiro atoms. The van der Waals surface area contributed by atoms with Crippen LogP contribution in [0.2, 0.25) is 0 Å². The Kier molecular flexibility index (Phi) is 7.02. The molecule has 2 saturated heterocycles. The van der Waals surface area contributed by atoms with E-state index < -0.39 is 0 Å². The van der Waals surface area contributed by atoms with E-state index in [1.807, 2.05) is 23.1 Å². The largest absolute Gasteiger partial charge is 0.385 e. The summed E-state index contributed by atoms with van der Waals surface area (Å²) in [6.45, 7) is 4.36. The number of aryl methyl sites for hydroxylation is 1. The van der Waals surface area contributed by atoms with Crippen LogP contribution in [0.3, 0.4) is 0 Å². The van der Waals surface area contributed by atoms with Crippen molar-refractivity contribution in [2.24, 2.45) is 13.0 Å². The molecule has 1 aromatic carbocycles. The minimum atomic E-state index is -0.178. The van der Waals surface area contributed by atoms with Crippen LogP contribution in [0.4, 0.5) is 0 Å². The zero-order valence-corrected chi connectivity index (χ0v) is 18.8. The molecular weight excluding hydrogens is 392 g/mol. The highest BCUT2D eigenvalue weighted by Crippen LogP contribution is 2.32. The van der Waals surface area contributed by atoms with Gasteiger partial charge < -0.3 is 14.5 Å². The third-order valence-corrected chi connectivity index (χ3v) is 6.91. The molecule has 2 atom stereocenters. The molecule has 0 aliphatic carbocycles. The smallest absolute Gasteiger partial charge is 0.274 e. The SMILES string of the molecule is COCCCN(CC1CCCN2CCCCC12)C(=O)c1nn(C)c(=O)c2ccccc12. The first kappa shape index (κ1) is 22.0. The van der Waals surface area contributed by atoms with Crippen molar-refractivity contribution in [3.8, 4) is 0 Å². The van der Waals surface area contributed by atoms with Crippen LogP contribution in [-0.4, -0.2) is 71.4 Å². The molecule has 168 valence electrons. The predicted molar refractivity (Wildman–Crippen MR) is 121 cm³/mol. The van der Waals surface area contributed by atoms with Gasteiger partial charge in [0, 0.05) is 45.3 Å². The summed E-state index contributed by atoms with van der Waals surface area (Å²) in [4.78, 5) is 30.8. The Hall–Kier alpha value is -2.25. The number of hydrogen-bond acceptors (Lipinski definition) is 5. The van der Waals surface area contributed by atoms with E-state index in [1.54, 1.807) is 20.2 Å². The average molecular weight is 427 g/mol. The Bertz CT molecular complexity index is 971. The molecule has 2 aliphatic rings. The Labute approximate surface area is 184 Å². The Morgan fingerprint density at radius 2 is 1.94 bits per heavy atom. The third kappa shape index (κ3) is 4.67. The van der Waals surface area contributed by atoms with Gasteiger partial charge in [0.1, 0.15) is 0 Å². The van der Waals surface area contributed by atoms with E-state index in [0.717, 1.165) is 19.4 Å². The van der Waals surface area contributed by atoms with E-state index in [4.69, 9.17) is 4.74 Å². The number of carbonyl (C=O) groups is 1. The van der Waals surface area contributed by atoms with E-state index in [1.165, 1.54) is 43.5 Å². The molecule has 0 radical (unpaired) electrons. The zero-order chi connectivity index (χ0) is 21.8. The van der Waals surface area contributed by atoms with Crippen LogP contribution >= 0.6 is 0 Å². The number of nitrogens with zero attached hydrogens (tertiary/aromatic N) is 4. The normalized spacial score (nSPS) is 21.7. The summed E-state index contributed by atoms with van der Waals surface area (Å²) in [6, 6.07) is 7.86. The van der Waals surface area contributed by atoms with Crippen LogP contribution in [0.1, 0.15) is 49.0 Å². The van der Waals surface area contributed by atoms with Gasteiger partial charge in [0.25, 0.3) is 11.5 Å². The van der Waals surface area contributed by atoms with Gasteiger partial charge in [-0.1, -0.05) is 24.6 Å². The molecular formula is C24H34N4O3. The highest BCUT2D eigenvalue weighted by atomic mass is 16.5. The minimum Gasteiger partial charge on any atom is -0.385 e. The van der Waals surface area contributed by atoms with Gasteiger partial charge in [-0.15, -0.1) is 0 Å². The van der Waals surface area contributed by atoms with Crippen molar-refractivity contribution in [1.82, 2.24) is 19.6 Å². The fraction of sp³-hybridized carbons (Fsp3) is 0.625. The fourth-order valence-electron chi connectivity index (χ4n) is 5.36. The Balaban J connectivity index is 1.63. The predicted octanol–water partition coefficient (Wildman–Crippen LogP) is 2.68. The monoisotopic (exact) mass is 426 g/mol. The van der Waals surface area contributed by atoms with Crippen molar-refractivity contribution in [1.29, 1.82) is 0 Å². The van der Waals surface area contributed by atoms with E-state index in [9.17, 15) is 9.59 Å². The van der Waals surface area contributed by atoms with Crippen molar-refractivity contribution in [3.63, 3.8) is 0 Å².